The molecule has 1 aliphatic heterocycles. The van der Waals surface area contributed by atoms with Gasteiger partial charge in [-0.25, -0.2) is 9.78 Å². The van der Waals surface area contributed by atoms with Gasteiger partial charge in [0.1, 0.15) is 0 Å². The van der Waals surface area contributed by atoms with Crippen LogP contribution in [0.2, 0.25) is 0 Å². The average molecular weight is 338 g/mol. The van der Waals surface area contributed by atoms with Crippen LogP contribution in [0.3, 0.4) is 0 Å². The van der Waals surface area contributed by atoms with E-state index in [0.717, 1.165) is 21.3 Å². The number of hydrogen-bond donors (Lipinski definition) is 1. The minimum absolute atomic E-state index is 0.353. The number of aromatic nitrogens is 1. The zero-order valence-electron chi connectivity index (χ0n) is 12.9. The Kier molecular flexibility index (Phi) is 3.54. The van der Waals surface area contributed by atoms with Crippen LogP contribution in [0.4, 0.5) is 5.13 Å². The van der Waals surface area contributed by atoms with Crippen molar-refractivity contribution in [3.8, 4) is 0 Å². The maximum Gasteiger partial charge on any atom is 0.339 e. The van der Waals surface area contributed by atoms with Gasteiger partial charge in [0.05, 0.1) is 15.8 Å². The van der Waals surface area contributed by atoms with Gasteiger partial charge in [-0.3, -0.25) is 10.1 Å². The van der Waals surface area contributed by atoms with E-state index in [4.69, 9.17) is 4.74 Å². The summed E-state index contributed by atoms with van der Waals surface area (Å²) in [7, 11) is 0. The maximum atomic E-state index is 12.4. The van der Waals surface area contributed by atoms with E-state index in [-0.39, 0.29) is 5.91 Å². The summed E-state index contributed by atoms with van der Waals surface area (Å²) in [5.41, 5.74) is 3.20. The minimum Gasteiger partial charge on any atom is -0.448 e. The number of hydrogen-bond acceptors (Lipinski definition) is 5. The summed E-state index contributed by atoms with van der Waals surface area (Å²) < 4.78 is 6.30. The number of aryl methyl sites for hydroxylation is 1. The lowest BCUT2D eigenvalue weighted by Gasteiger charge is -2.23. The lowest BCUT2D eigenvalue weighted by Crippen LogP contribution is -2.38. The summed E-state index contributed by atoms with van der Waals surface area (Å²) in [4.78, 5) is 28.9. The van der Waals surface area contributed by atoms with Crippen molar-refractivity contribution in [1.82, 2.24) is 4.98 Å². The normalized spacial score (nSPS) is 16.5. The molecule has 2 aromatic carbocycles. The second-order valence-corrected chi connectivity index (χ2v) is 6.77. The van der Waals surface area contributed by atoms with Crippen molar-refractivity contribution < 1.29 is 14.3 Å². The number of anilines is 1. The highest BCUT2D eigenvalue weighted by Gasteiger charge is 2.31. The molecule has 0 spiro atoms. The molecule has 0 radical (unpaired) electrons. The number of fused-ring (bicyclic) bond motifs is 2. The van der Waals surface area contributed by atoms with Crippen LogP contribution in [-0.2, 0) is 16.0 Å². The van der Waals surface area contributed by atoms with Gasteiger partial charge in [-0.05, 0) is 30.7 Å². The first-order valence-corrected chi connectivity index (χ1v) is 8.39. The van der Waals surface area contributed by atoms with Gasteiger partial charge in [0, 0.05) is 6.42 Å². The number of amides is 1. The van der Waals surface area contributed by atoms with Crippen LogP contribution < -0.4 is 5.32 Å². The van der Waals surface area contributed by atoms with Crippen molar-refractivity contribution in [1.29, 1.82) is 0 Å². The molecule has 0 bridgehead atoms. The van der Waals surface area contributed by atoms with Crippen LogP contribution in [0.5, 0.6) is 0 Å². The smallest absolute Gasteiger partial charge is 0.339 e. The van der Waals surface area contributed by atoms with Crippen LogP contribution in [0, 0.1) is 6.92 Å². The van der Waals surface area contributed by atoms with Crippen molar-refractivity contribution in [2.75, 3.05) is 5.32 Å². The summed E-state index contributed by atoms with van der Waals surface area (Å²) >= 11 is 1.39. The fourth-order valence-electron chi connectivity index (χ4n) is 2.75. The summed E-state index contributed by atoms with van der Waals surface area (Å²) in [6, 6.07) is 13.3. The van der Waals surface area contributed by atoms with Crippen LogP contribution >= 0.6 is 11.3 Å². The quantitative estimate of drug-likeness (QED) is 0.728. The van der Waals surface area contributed by atoms with Crippen molar-refractivity contribution in [2.45, 2.75) is 19.4 Å². The molecule has 0 saturated heterocycles. The number of cyclic esters (lactones) is 1. The zero-order chi connectivity index (χ0) is 16.7. The Morgan fingerprint density at radius 2 is 2.12 bits per heavy atom. The molecule has 4 rings (SSSR count). The Labute approximate surface area is 142 Å². The predicted molar refractivity (Wildman–Crippen MR) is 92.3 cm³/mol. The third-order valence-corrected chi connectivity index (χ3v) is 4.91. The van der Waals surface area contributed by atoms with Gasteiger partial charge in [0.2, 0.25) is 0 Å². The average Bonchev–Trinajstić information content (AvgIpc) is 2.97. The second kappa shape index (κ2) is 5.72. The number of thiazole rings is 1. The molecular weight excluding hydrogens is 324 g/mol. The van der Waals surface area contributed by atoms with Gasteiger partial charge in [0.25, 0.3) is 5.91 Å². The molecule has 5 nitrogen and oxygen atoms in total. The van der Waals surface area contributed by atoms with Gasteiger partial charge in [-0.1, -0.05) is 41.2 Å². The lowest BCUT2D eigenvalue weighted by atomic mass is 9.96. The number of carbonyl (C=O) groups is 2. The van der Waals surface area contributed by atoms with Gasteiger partial charge < -0.3 is 4.74 Å². The molecular formula is C18H14N2O3S. The number of nitrogens with one attached hydrogen (secondary N) is 1. The first-order valence-electron chi connectivity index (χ1n) is 7.57. The molecule has 0 saturated carbocycles. The highest BCUT2D eigenvalue weighted by atomic mass is 32.1. The van der Waals surface area contributed by atoms with E-state index in [1.165, 1.54) is 11.3 Å². The maximum absolute atomic E-state index is 12.4. The molecule has 1 aliphatic rings. The Bertz CT molecular complexity index is 931. The van der Waals surface area contributed by atoms with E-state index in [1.54, 1.807) is 6.07 Å². The summed E-state index contributed by atoms with van der Waals surface area (Å²) in [6.07, 6.45) is -0.460. The Balaban J connectivity index is 1.54. The third kappa shape index (κ3) is 2.65. The predicted octanol–water partition coefficient (Wildman–Crippen LogP) is 3.32. The van der Waals surface area contributed by atoms with Crippen molar-refractivity contribution in [3.63, 3.8) is 0 Å². The SMILES string of the molecule is Cc1ccc2c(c1)C(=O)O[C@@H](C(=O)Nc1nc3ccccc3s1)C2. The number of ether oxygens (including phenoxy) is 1. The lowest BCUT2D eigenvalue weighted by molar-refractivity contribution is -0.125. The summed E-state index contributed by atoms with van der Waals surface area (Å²) in [6.45, 7) is 1.92. The van der Waals surface area contributed by atoms with Gasteiger partial charge in [-0.2, -0.15) is 0 Å². The number of nitrogens with zero attached hydrogens (tertiary/aromatic N) is 1. The summed E-state index contributed by atoms with van der Waals surface area (Å²) in [5.74, 6) is -0.807. The van der Waals surface area contributed by atoms with Crippen LogP contribution in [0.15, 0.2) is 42.5 Å². The van der Waals surface area contributed by atoms with Gasteiger partial charge >= 0.3 is 5.97 Å². The molecule has 6 heteroatoms. The number of carbonyl (C=O) groups excluding carboxylic acids is 2. The fraction of sp³-hybridized carbons (Fsp3) is 0.167. The topological polar surface area (TPSA) is 68.3 Å². The van der Waals surface area contributed by atoms with Crippen molar-refractivity contribution in [2.24, 2.45) is 0 Å². The van der Waals surface area contributed by atoms with Gasteiger partial charge in [-0.15, -0.1) is 0 Å². The molecule has 3 aromatic rings. The largest absolute Gasteiger partial charge is 0.448 e. The van der Waals surface area contributed by atoms with Crippen LogP contribution in [0.1, 0.15) is 21.5 Å². The number of benzene rings is 2. The second-order valence-electron chi connectivity index (χ2n) is 5.73. The Morgan fingerprint density at radius 3 is 2.96 bits per heavy atom. The van der Waals surface area contributed by atoms with Crippen molar-refractivity contribution >= 4 is 38.6 Å². The zero-order valence-corrected chi connectivity index (χ0v) is 13.7. The molecule has 1 atom stereocenters. The van der Waals surface area contributed by atoms with Crippen LogP contribution in [-0.4, -0.2) is 23.0 Å². The van der Waals surface area contributed by atoms with Crippen LogP contribution in [0.25, 0.3) is 10.2 Å². The molecule has 1 amide bonds. The number of para-hydroxylation sites is 1. The fourth-order valence-corrected chi connectivity index (χ4v) is 3.62. The monoisotopic (exact) mass is 338 g/mol. The molecule has 2 heterocycles. The molecule has 24 heavy (non-hydrogen) atoms. The molecule has 120 valence electrons. The van der Waals surface area contributed by atoms with E-state index >= 15 is 0 Å². The first kappa shape index (κ1) is 14.8. The highest BCUT2D eigenvalue weighted by molar-refractivity contribution is 7.22. The number of esters is 1. The van der Waals surface area contributed by atoms with E-state index in [1.807, 2.05) is 43.3 Å². The van der Waals surface area contributed by atoms with Gasteiger partial charge in [0.15, 0.2) is 11.2 Å². The molecule has 0 unspecified atom stereocenters. The Hall–Kier alpha value is -2.73. The minimum atomic E-state index is -0.834. The van der Waals surface area contributed by atoms with E-state index < -0.39 is 12.1 Å². The van der Waals surface area contributed by atoms with Crippen molar-refractivity contribution in [3.05, 3.63) is 59.2 Å². The number of rotatable bonds is 2. The highest BCUT2D eigenvalue weighted by Crippen LogP contribution is 2.27. The van der Waals surface area contributed by atoms with E-state index in [2.05, 4.69) is 10.3 Å². The van der Waals surface area contributed by atoms with E-state index in [0.29, 0.717) is 17.1 Å². The Morgan fingerprint density at radius 1 is 1.29 bits per heavy atom. The molecule has 0 fully saturated rings. The molecule has 1 aromatic heterocycles. The summed E-state index contributed by atoms with van der Waals surface area (Å²) in [5, 5.41) is 3.26. The third-order valence-electron chi connectivity index (χ3n) is 3.96. The molecule has 1 N–H and O–H groups in total. The van der Waals surface area contributed by atoms with E-state index in [9.17, 15) is 9.59 Å². The standard InChI is InChI=1S/C18H14N2O3S/c1-10-6-7-11-9-14(23-17(22)12(11)8-10)16(21)20-18-19-13-4-2-3-5-15(13)24-18/h2-8,14H,9H2,1H3,(H,19,20,21)/t14-/m1/s1. The first-order chi connectivity index (χ1) is 11.6. The molecule has 0 aliphatic carbocycles.